The number of hydrogen-bond acceptors (Lipinski definition) is 1. The van der Waals surface area contributed by atoms with Gasteiger partial charge in [0.05, 0.1) is 0 Å². The fourth-order valence-corrected chi connectivity index (χ4v) is 2.62. The van der Waals surface area contributed by atoms with Crippen LogP contribution in [-0.4, -0.2) is 24.5 Å². The molecule has 1 aromatic carbocycles. The Kier molecular flexibility index (Phi) is 3.91. The van der Waals surface area contributed by atoms with E-state index >= 15 is 0 Å². The molecule has 0 amide bonds. The van der Waals surface area contributed by atoms with E-state index in [-0.39, 0.29) is 0 Å². The molecule has 0 N–H and O–H groups in total. The van der Waals surface area contributed by atoms with Crippen molar-refractivity contribution in [3.63, 3.8) is 0 Å². The van der Waals surface area contributed by atoms with Crippen molar-refractivity contribution in [2.45, 2.75) is 39.7 Å². The molecule has 0 radical (unpaired) electrons. The normalized spacial score (nSPS) is 21.8. The zero-order valence-corrected chi connectivity index (χ0v) is 12.1. The molecule has 0 unspecified atom stereocenters. The van der Waals surface area contributed by atoms with Gasteiger partial charge in [0.1, 0.15) is 0 Å². The summed E-state index contributed by atoms with van der Waals surface area (Å²) in [5.74, 6) is 0. The molecule has 1 aromatic rings. The first kappa shape index (κ1) is 13.4. The van der Waals surface area contributed by atoms with E-state index in [1.807, 2.05) is 0 Å². The van der Waals surface area contributed by atoms with Gasteiger partial charge in [-0.2, -0.15) is 0 Å². The minimum Gasteiger partial charge on any atom is -0.299 e. The first-order valence-electron chi connectivity index (χ1n) is 6.90. The van der Waals surface area contributed by atoms with Crippen LogP contribution in [0.25, 0.3) is 0 Å². The molecule has 0 aliphatic carbocycles. The Balaban J connectivity index is 2.08. The van der Waals surface area contributed by atoms with Crippen molar-refractivity contribution in [3.05, 3.63) is 47.5 Å². The highest BCUT2D eigenvalue weighted by molar-refractivity contribution is 5.21. The van der Waals surface area contributed by atoms with E-state index in [4.69, 9.17) is 0 Å². The molecule has 1 aliphatic rings. The highest BCUT2D eigenvalue weighted by Crippen LogP contribution is 2.33. The van der Waals surface area contributed by atoms with Gasteiger partial charge >= 0.3 is 0 Å². The Hall–Kier alpha value is -1.08. The van der Waals surface area contributed by atoms with E-state index in [9.17, 15) is 0 Å². The van der Waals surface area contributed by atoms with Gasteiger partial charge < -0.3 is 0 Å². The molecular formula is C17H25N. The van der Waals surface area contributed by atoms with E-state index in [1.54, 1.807) is 5.57 Å². The van der Waals surface area contributed by atoms with Crippen molar-refractivity contribution in [1.82, 2.24) is 4.90 Å². The van der Waals surface area contributed by atoms with Crippen LogP contribution in [0.4, 0.5) is 0 Å². The molecule has 0 fully saturated rings. The van der Waals surface area contributed by atoms with Gasteiger partial charge in [-0.1, -0.05) is 62.8 Å². The minimum atomic E-state index is 0.316. The van der Waals surface area contributed by atoms with Crippen LogP contribution in [0.1, 0.15) is 32.8 Å². The van der Waals surface area contributed by atoms with Crippen LogP contribution in [0.3, 0.4) is 0 Å². The molecule has 1 atom stereocenters. The van der Waals surface area contributed by atoms with Crippen LogP contribution in [0.2, 0.25) is 0 Å². The van der Waals surface area contributed by atoms with Gasteiger partial charge in [-0.3, -0.25) is 4.90 Å². The molecular weight excluding hydrogens is 218 g/mol. The third-order valence-electron chi connectivity index (χ3n) is 3.98. The maximum atomic E-state index is 2.47. The van der Waals surface area contributed by atoms with Gasteiger partial charge in [-0.15, -0.1) is 0 Å². The maximum absolute atomic E-state index is 2.47. The zero-order chi connectivity index (χ0) is 13.2. The molecule has 0 bridgehead atoms. The highest BCUT2D eigenvalue weighted by Gasteiger charge is 2.26. The van der Waals surface area contributed by atoms with Crippen LogP contribution in [-0.2, 0) is 6.42 Å². The monoisotopic (exact) mass is 243 g/mol. The highest BCUT2D eigenvalue weighted by atomic mass is 15.1. The summed E-state index contributed by atoms with van der Waals surface area (Å²) in [6, 6.07) is 11.5. The molecule has 0 saturated carbocycles. The van der Waals surface area contributed by atoms with E-state index in [2.05, 4.69) is 69.1 Å². The second-order valence-electron chi connectivity index (χ2n) is 6.47. The number of rotatable bonds is 2. The second kappa shape index (κ2) is 5.27. The van der Waals surface area contributed by atoms with Crippen molar-refractivity contribution < 1.29 is 0 Å². The van der Waals surface area contributed by atoms with Crippen molar-refractivity contribution in [2.75, 3.05) is 13.6 Å². The van der Waals surface area contributed by atoms with E-state index in [0.717, 1.165) is 13.0 Å². The zero-order valence-electron chi connectivity index (χ0n) is 12.1. The molecule has 0 aromatic heterocycles. The molecule has 98 valence electrons. The van der Waals surface area contributed by atoms with Crippen LogP contribution in [0.15, 0.2) is 42.0 Å². The third kappa shape index (κ3) is 3.23. The number of benzene rings is 1. The summed E-state index contributed by atoms with van der Waals surface area (Å²) >= 11 is 0. The largest absolute Gasteiger partial charge is 0.299 e. The Bertz CT molecular complexity index is 411. The first-order chi connectivity index (χ1) is 8.47. The Morgan fingerprint density at radius 2 is 1.83 bits per heavy atom. The lowest BCUT2D eigenvalue weighted by molar-refractivity contribution is 0.234. The quantitative estimate of drug-likeness (QED) is 0.712. The molecule has 1 aliphatic heterocycles. The summed E-state index contributed by atoms with van der Waals surface area (Å²) < 4.78 is 0. The molecule has 2 rings (SSSR count). The van der Waals surface area contributed by atoms with Crippen molar-refractivity contribution >= 4 is 0 Å². The minimum absolute atomic E-state index is 0.316. The number of likely N-dealkylation sites (N-methyl/N-ethyl adjacent to an activating group) is 1. The van der Waals surface area contributed by atoms with Gasteiger partial charge in [-0.05, 0) is 30.9 Å². The van der Waals surface area contributed by atoms with Crippen LogP contribution < -0.4 is 0 Å². The third-order valence-corrected chi connectivity index (χ3v) is 3.98. The SMILES string of the molecule is CN1CC=C(C(C)(C)C)C[C@@H]1Cc1ccccc1. The predicted molar refractivity (Wildman–Crippen MR) is 78.7 cm³/mol. The maximum Gasteiger partial charge on any atom is 0.0173 e. The lowest BCUT2D eigenvalue weighted by Crippen LogP contribution is -2.38. The molecule has 18 heavy (non-hydrogen) atoms. The fourth-order valence-electron chi connectivity index (χ4n) is 2.62. The van der Waals surface area contributed by atoms with Crippen molar-refractivity contribution in [2.24, 2.45) is 5.41 Å². The summed E-state index contributed by atoms with van der Waals surface area (Å²) in [4.78, 5) is 2.47. The van der Waals surface area contributed by atoms with E-state index in [0.29, 0.717) is 11.5 Å². The lowest BCUT2D eigenvalue weighted by Gasteiger charge is -2.37. The second-order valence-corrected chi connectivity index (χ2v) is 6.47. The summed E-state index contributed by atoms with van der Waals surface area (Å²) in [5, 5.41) is 0. The van der Waals surface area contributed by atoms with Gasteiger partial charge in [0.25, 0.3) is 0 Å². The smallest absolute Gasteiger partial charge is 0.0173 e. The van der Waals surface area contributed by atoms with Gasteiger partial charge in [0.15, 0.2) is 0 Å². The van der Waals surface area contributed by atoms with Crippen molar-refractivity contribution in [1.29, 1.82) is 0 Å². The molecule has 0 saturated heterocycles. The van der Waals surface area contributed by atoms with E-state index < -0.39 is 0 Å². The van der Waals surface area contributed by atoms with Crippen LogP contribution in [0.5, 0.6) is 0 Å². The summed E-state index contributed by atoms with van der Waals surface area (Å²) in [6.45, 7) is 8.06. The van der Waals surface area contributed by atoms with E-state index in [1.165, 1.54) is 12.0 Å². The summed E-state index contributed by atoms with van der Waals surface area (Å²) in [6.07, 6.45) is 4.78. The first-order valence-corrected chi connectivity index (χ1v) is 6.90. The molecule has 0 spiro atoms. The Morgan fingerprint density at radius 1 is 1.17 bits per heavy atom. The van der Waals surface area contributed by atoms with Crippen LogP contribution >= 0.6 is 0 Å². The van der Waals surface area contributed by atoms with Crippen LogP contribution in [0, 0.1) is 5.41 Å². The fraction of sp³-hybridized carbons (Fsp3) is 0.529. The molecule has 1 heterocycles. The Morgan fingerprint density at radius 3 is 2.44 bits per heavy atom. The van der Waals surface area contributed by atoms with Gasteiger partial charge in [0, 0.05) is 12.6 Å². The lowest BCUT2D eigenvalue weighted by atomic mass is 9.79. The van der Waals surface area contributed by atoms with Crippen molar-refractivity contribution in [3.8, 4) is 0 Å². The number of hydrogen-bond donors (Lipinski definition) is 0. The summed E-state index contributed by atoms with van der Waals surface area (Å²) in [7, 11) is 2.24. The molecule has 1 heteroatoms. The average Bonchev–Trinajstić information content (AvgIpc) is 2.32. The van der Waals surface area contributed by atoms with Gasteiger partial charge in [0.2, 0.25) is 0 Å². The topological polar surface area (TPSA) is 3.24 Å². The predicted octanol–water partition coefficient (Wildman–Crippen LogP) is 3.91. The average molecular weight is 243 g/mol. The standard InChI is InChI=1S/C17H25N/c1-17(2,3)15-10-11-18(4)16(13-15)12-14-8-6-5-7-9-14/h5-10,16H,11-13H2,1-4H3/t16-/m0/s1. The Labute approximate surface area is 112 Å². The molecule has 1 nitrogen and oxygen atoms in total. The summed E-state index contributed by atoms with van der Waals surface area (Å²) in [5.41, 5.74) is 3.38. The van der Waals surface area contributed by atoms with Gasteiger partial charge in [-0.25, -0.2) is 0 Å². The number of nitrogens with zero attached hydrogens (tertiary/aromatic N) is 1.